The summed E-state index contributed by atoms with van der Waals surface area (Å²) in [6.45, 7) is 0. The number of H-pyrrole nitrogens is 1. The third kappa shape index (κ3) is 3.91. The van der Waals surface area contributed by atoms with Gasteiger partial charge in [0.25, 0.3) is 0 Å². The molecule has 0 aliphatic carbocycles. The molecule has 23 heavy (non-hydrogen) atoms. The lowest BCUT2D eigenvalue weighted by Gasteiger charge is -2.10. The number of aromatic amines is 1. The fraction of sp³-hybridized carbons (Fsp3) is 0.0625. The molecule has 1 heterocycles. The van der Waals surface area contributed by atoms with Crippen LogP contribution in [-0.4, -0.2) is 18.4 Å². The Hall–Kier alpha value is -2.31. The van der Waals surface area contributed by atoms with Gasteiger partial charge in [-0.3, -0.25) is 4.72 Å². The monoisotopic (exact) mass is 347 g/mol. The minimum Gasteiger partial charge on any atom is -0.345 e. The fourth-order valence-electron chi connectivity index (χ4n) is 2.20. The molecule has 0 saturated heterocycles. The zero-order valence-corrected chi connectivity index (χ0v) is 13.6. The molecule has 3 aromatic rings. The van der Waals surface area contributed by atoms with Crippen LogP contribution in [-0.2, 0) is 15.8 Å². The topological polar surface area (TPSA) is 74.8 Å². The number of benzene rings is 2. The first-order valence-corrected chi connectivity index (χ1v) is 8.89. The van der Waals surface area contributed by atoms with Gasteiger partial charge in [-0.15, -0.1) is 0 Å². The zero-order valence-electron chi connectivity index (χ0n) is 12.0. The first kappa shape index (κ1) is 15.6. The molecule has 0 aliphatic rings. The van der Waals surface area contributed by atoms with Crippen molar-refractivity contribution >= 4 is 27.3 Å². The molecule has 0 radical (unpaired) electrons. The molecule has 2 aromatic carbocycles. The van der Waals surface area contributed by atoms with Crippen molar-refractivity contribution in [3.63, 3.8) is 0 Å². The van der Waals surface area contributed by atoms with Crippen molar-refractivity contribution in [2.45, 2.75) is 5.75 Å². The molecule has 7 heteroatoms. The molecule has 5 nitrogen and oxygen atoms in total. The average molecular weight is 348 g/mol. The van der Waals surface area contributed by atoms with Gasteiger partial charge in [0.05, 0.1) is 24.0 Å². The van der Waals surface area contributed by atoms with Gasteiger partial charge in [-0.2, -0.15) is 0 Å². The van der Waals surface area contributed by atoms with Crippen LogP contribution >= 0.6 is 11.6 Å². The number of halogens is 1. The van der Waals surface area contributed by atoms with Crippen LogP contribution in [0.2, 0.25) is 5.02 Å². The molecular formula is C16H14ClN3O2S. The van der Waals surface area contributed by atoms with E-state index < -0.39 is 10.0 Å². The van der Waals surface area contributed by atoms with Crippen LogP contribution < -0.4 is 4.72 Å². The number of aromatic nitrogens is 2. The van der Waals surface area contributed by atoms with E-state index in [4.69, 9.17) is 11.6 Å². The Morgan fingerprint density at radius 2 is 1.96 bits per heavy atom. The van der Waals surface area contributed by atoms with Crippen LogP contribution in [0, 0.1) is 0 Å². The molecule has 1 aromatic heterocycles. The quantitative estimate of drug-likeness (QED) is 0.739. The van der Waals surface area contributed by atoms with Gasteiger partial charge >= 0.3 is 0 Å². The third-order valence-electron chi connectivity index (χ3n) is 3.25. The number of rotatable bonds is 5. The minimum atomic E-state index is -3.56. The Morgan fingerprint density at radius 3 is 2.70 bits per heavy atom. The number of sulfonamides is 1. The minimum absolute atomic E-state index is 0.180. The molecular weight excluding hydrogens is 334 g/mol. The summed E-state index contributed by atoms with van der Waals surface area (Å²) in [6, 6.07) is 14.0. The maximum atomic E-state index is 12.3. The predicted octanol–water partition coefficient (Wildman–Crippen LogP) is 3.67. The summed E-state index contributed by atoms with van der Waals surface area (Å²) in [4.78, 5) is 6.94. The summed E-state index contributed by atoms with van der Waals surface area (Å²) in [7, 11) is -3.56. The Labute approximate surface area is 139 Å². The van der Waals surface area contributed by atoms with E-state index in [0.29, 0.717) is 16.3 Å². The lowest BCUT2D eigenvalue weighted by atomic mass is 10.1. The van der Waals surface area contributed by atoms with Crippen LogP contribution in [0.25, 0.3) is 11.3 Å². The number of nitrogens with one attached hydrogen (secondary N) is 2. The van der Waals surface area contributed by atoms with Gasteiger partial charge in [-0.05, 0) is 23.8 Å². The van der Waals surface area contributed by atoms with Gasteiger partial charge in [0.1, 0.15) is 0 Å². The van der Waals surface area contributed by atoms with Crippen molar-refractivity contribution in [1.82, 2.24) is 9.97 Å². The maximum Gasteiger partial charge on any atom is 0.236 e. The van der Waals surface area contributed by atoms with Crippen molar-refractivity contribution < 1.29 is 8.42 Å². The van der Waals surface area contributed by atoms with E-state index in [2.05, 4.69) is 14.7 Å². The predicted molar refractivity (Wildman–Crippen MR) is 91.7 cm³/mol. The molecule has 0 atom stereocenters. The van der Waals surface area contributed by atoms with Crippen LogP contribution in [0.3, 0.4) is 0 Å². The van der Waals surface area contributed by atoms with Crippen molar-refractivity contribution in [2.75, 3.05) is 4.72 Å². The van der Waals surface area contributed by atoms with E-state index in [9.17, 15) is 8.42 Å². The normalized spacial score (nSPS) is 11.3. The molecule has 118 valence electrons. The highest BCUT2D eigenvalue weighted by molar-refractivity contribution is 7.91. The van der Waals surface area contributed by atoms with E-state index in [0.717, 1.165) is 11.3 Å². The first-order chi connectivity index (χ1) is 11.0. The maximum absolute atomic E-state index is 12.3. The van der Waals surface area contributed by atoms with E-state index in [1.54, 1.807) is 55.0 Å². The Kier molecular flexibility index (Phi) is 4.36. The molecule has 0 bridgehead atoms. The van der Waals surface area contributed by atoms with Gasteiger partial charge in [0.2, 0.25) is 10.0 Å². The summed E-state index contributed by atoms with van der Waals surface area (Å²) >= 11 is 6.02. The Morgan fingerprint density at radius 1 is 1.13 bits per heavy atom. The molecule has 3 rings (SSSR count). The van der Waals surface area contributed by atoms with Gasteiger partial charge in [-0.25, -0.2) is 13.4 Å². The van der Waals surface area contributed by atoms with Crippen LogP contribution in [0.5, 0.6) is 0 Å². The summed E-state index contributed by atoms with van der Waals surface area (Å²) < 4.78 is 27.2. The molecule has 0 spiro atoms. The molecule has 0 saturated carbocycles. The molecule has 0 unspecified atom stereocenters. The summed E-state index contributed by atoms with van der Waals surface area (Å²) in [5.41, 5.74) is 2.72. The summed E-state index contributed by atoms with van der Waals surface area (Å²) in [6.07, 6.45) is 3.25. The van der Waals surface area contributed by atoms with E-state index in [-0.39, 0.29) is 5.75 Å². The standard InChI is InChI=1S/C16H14ClN3O2S/c17-15-7-2-1-4-13(15)10-23(21,22)20-14-6-3-5-12(8-14)16-9-18-11-19-16/h1-9,11,20H,10H2,(H,18,19). The van der Waals surface area contributed by atoms with Crippen molar-refractivity contribution in [3.8, 4) is 11.3 Å². The molecule has 0 aliphatic heterocycles. The van der Waals surface area contributed by atoms with Gasteiger partial charge < -0.3 is 4.98 Å². The van der Waals surface area contributed by atoms with E-state index >= 15 is 0 Å². The smallest absolute Gasteiger partial charge is 0.236 e. The van der Waals surface area contributed by atoms with Gasteiger partial charge in [0.15, 0.2) is 0 Å². The largest absolute Gasteiger partial charge is 0.345 e. The van der Waals surface area contributed by atoms with Crippen molar-refractivity contribution in [3.05, 3.63) is 71.6 Å². The molecule has 0 amide bonds. The first-order valence-electron chi connectivity index (χ1n) is 6.86. The third-order valence-corrected chi connectivity index (χ3v) is 4.85. The van der Waals surface area contributed by atoms with Crippen molar-refractivity contribution in [2.24, 2.45) is 0 Å². The lowest BCUT2D eigenvalue weighted by Crippen LogP contribution is -2.15. The highest BCUT2D eigenvalue weighted by Gasteiger charge is 2.14. The lowest BCUT2D eigenvalue weighted by molar-refractivity contribution is 0.600. The highest BCUT2D eigenvalue weighted by Crippen LogP contribution is 2.23. The second-order valence-electron chi connectivity index (χ2n) is 5.00. The zero-order chi connectivity index (χ0) is 16.3. The van der Waals surface area contributed by atoms with Gasteiger partial charge in [0, 0.05) is 16.3 Å². The average Bonchev–Trinajstić information content (AvgIpc) is 3.03. The number of anilines is 1. The second kappa shape index (κ2) is 6.44. The Balaban J connectivity index is 1.81. The van der Waals surface area contributed by atoms with E-state index in [1.165, 1.54) is 0 Å². The SMILES string of the molecule is O=S(=O)(Cc1ccccc1Cl)Nc1cccc(-c2cnc[nH]2)c1. The Bertz CT molecular complexity index is 909. The summed E-state index contributed by atoms with van der Waals surface area (Å²) in [5.74, 6) is -0.180. The van der Waals surface area contributed by atoms with Crippen LogP contribution in [0.1, 0.15) is 5.56 Å². The van der Waals surface area contributed by atoms with Crippen molar-refractivity contribution in [1.29, 1.82) is 0 Å². The number of hydrogen-bond donors (Lipinski definition) is 2. The fourth-order valence-corrected chi connectivity index (χ4v) is 3.70. The van der Waals surface area contributed by atoms with Crippen LogP contribution in [0.4, 0.5) is 5.69 Å². The van der Waals surface area contributed by atoms with Gasteiger partial charge in [-0.1, -0.05) is 41.9 Å². The number of hydrogen-bond acceptors (Lipinski definition) is 3. The van der Waals surface area contributed by atoms with E-state index in [1.807, 2.05) is 6.07 Å². The number of imidazole rings is 1. The summed E-state index contributed by atoms with van der Waals surface area (Å²) in [5, 5.41) is 0.434. The number of nitrogens with zero attached hydrogens (tertiary/aromatic N) is 1. The van der Waals surface area contributed by atoms with Crippen LogP contribution in [0.15, 0.2) is 61.1 Å². The second-order valence-corrected chi connectivity index (χ2v) is 7.13. The molecule has 0 fully saturated rings. The highest BCUT2D eigenvalue weighted by atomic mass is 35.5. The molecule has 2 N–H and O–H groups in total.